The van der Waals surface area contributed by atoms with Crippen LogP contribution < -0.4 is 4.74 Å². The number of amides is 1. The van der Waals surface area contributed by atoms with E-state index in [1.807, 2.05) is 40.1 Å². The normalized spacial score (nSPS) is 14.0. The maximum absolute atomic E-state index is 12.5. The van der Waals surface area contributed by atoms with E-state index in [9.17, 15) is 14.7 Å². The van der Waals surface area contributed by atoms with E-state index in [0.717, 1.165) is 27.5 Å². The molecule has 1 aliphatic carbocycles. The Labute approximate surface area is 232 Å². The van der Waals surface area contributed by atoms with Crippen LogP contribution in [0.5, 0.6) is 5.75 Å². The van der Waals surface area contributed by atoms with Gasteiger partial charge >= 0.3 is 12.1 Å². The van der Waals surface area contributed by atoms with Gasteiger partial charge in [0.05, 0.1) is 0 Å². The molecule has 1 heterocycles. The maximum atomic E-state index is 12.5. The van der Waals surface area contributed by atoms with Crippen LogP contribution in [-0.4, -0.2) is 62.2 Å². The van der Waals surface area contributed by atoms with Crippen molar-refractivity contribution in [3.63, 3.8) is 0 Å². The van der Waals surface area contributed by atoms with Crippen molar-refractivity contribution in [2.75, 3.05) is 19.6 Å². The number of benzene rings is 1. The SMILES string of the molecule is [CH2-]N(CCN([CH-]C)C(=O)OC(C)(C)C)CC(Oc1cc(C)c(I)cc1C(=O)O)c1ncc(C2CC2)cn1.[Lr]. The van der Waals surface area contributed by atoms with Crippen molar-refractivity contribution in [3.8, 4) is 5.75 Å². The van der Waals surface area contributed by atoms with Crippen LogP contribution in [0.25, 0.3) is 0 Å². The Morgan fingerprint density at radius 2 is 1.87 bits per heavy atom. The Morgan fingerprint density at radius 3 is 2.39 bits per heavy atom. The van der Waals surface area contributed by atoms with Crippen LogP contribution in [0.2, 0.25) is 0 Å². The fraction of sp³-hybridized carbons (Fsp3) is 0.481. The third-order valence-corrected chi connectivity index (χ3v) is 6.97. The molecule has 1 amide bonds. The summed E-state index contributed by atoms with van der Waals surface area (Å²) >= 11 is 2.11. The number of nitrogens with zero attached hydrogens (tertiary/aromatic N) is 4. The number of hydrogen-bond acceptors (Lipinski definition) is 7. The Bertz CT molecular complexity index is 1110. The second-order valence-electron chi connectivity index (χ2n) is 10.2. The molecule has 11 heteroatoms. The van der Waals surface area contributed by atoms with Crippen molar-refractivity contribution in [2.24, 2.45) is 0 Å². The first-order chi connectivity index (χ1) is 17.4. The number of ether oxygens (including phenoxy) is 2. The average Bonchev–Trinajstić information content (AvgIpc) is 3.65. The van der Waals surface area contributed by atoms with Crippen LogP contribution in [-0.2, 0) is 4.74 Å². The number of hydrogen-bond donors (Lipinski definition) is 1. The number of rotatable bonds is 11. The summed E-state index contributed by atoms with van der Waals surface area (Å²) in [7, 11) is 4.12. The number of carbonyl (C=O) groups excluding carboxylic acids is 1. The van der Waals surface area contributed by atoms with E-state index in [4.69, 9.17) is 9.47 Å². The monoisotopic (exact) mass is 884 g/mol. The third-order valence-electron chi connectivity index (χ3n) is 5.81. The first-order valence-corrected chi connectivity index (χ1v) is 13.3. The van der Waals surface area contributed by atoms with Gasteiger partial charge in [0.25, 0.3) is 0 Å². The van der Waals surface area contributed by atoms with Gasteiger partial charge in [-0.1, -0.05) is 0 Å². The molecule has 0 aliphatic heterocycles. The Hall–Kier alpha value is -3.47. The number of aromatic nitrogens is 2. The zero-order chi connectivity index (χ0) is 27.3. The first-order valence-electron chi connectivity index (χ1n) is 12.2. The molecule has 3 rings (SSSR count). The molecule has 1 atom stereocenters. The number of aromatic carboxylic acids is 1. The van der Waals surface area contributed by atoms with E-state index in [1.54, 1.807) is 30.5 Å². The molecular weight excluding hydrogens is 849 g/mol. The van der Waals surface area contributed by atoms with Gasteiger partial charge in [-0.25, -0.2) is 26.1 Å². The number of carboxylic acids is 1. The summed E-state index contributed by atoms with van der Waals surface area (Å²) in [5, 5.41) is 9.77. The molecule has 38 heavy (non-hydrogen) atoms. The topological polar surface area (TPSA) is 105 Å². The number of aryl methyl sites for hydroxylation is 1. The van der Waals surface area contributed by atoms with E-state index in [2.05, 4.69) is 39.6 Å². The van der Waals surface area contributed by atoms with Crippen LogP contribution >= 0.6 is 22.6 Å². The van der Waals surface area contributed by atoms with E-state index >= 15 is 0 Å². The molecule has 2 aromatic rings. The van der Waals surface area contributed by atoms with Gasteiger partial charge in [0.2, 0.25) is 0 Å². The largest absolute Gasteiger partial charge is 0.480 e. The van der Waals surface area contributed by atoms with Gasteiger partial charge in [0, 0.05) is 29.1 Å². The minimum atomic E-state index is -1.07. The van der Waals surface area contributed by atoms with Gasteiger partial charge in [-0.15, -0.1) is 0 Å². The van der Waals surface area contributed by atoms with Crippen LogP contribution in [0, 0.1) is 24.1 Å². The van der Waals surface area contributed by atoms with Crippen molar-refractivity contribution in [1.82, 2.24) is 19.8 Å². The summed E-state index contributed by atoms with van der Waals surface area (Å²) in [6, 6.07) is 3.32. The summed E-state index contributed by atoms with van der Waals surface area (Å²) in [6.45, 7) is 11.8. The zero-order valence-electron chi connectivity index (χ0n) is 22.3. The summed E-state index contributed by atoms with van der Waals surface area (Å²) < 4.78 is 12.6. The number of carboxylic acid groups (broad SMARTS) is 1. The molecule has 1 fully saturated rings. The minimum Gasteiger partial charge on any atom is -0.480 e. The fourth-order valence-corrected chi connectivity index (χ4v) is 4.07. The number of carbonyl (C=O) groups is 2. The van der Waals surface area contributed by atoms with Gasteiger partial charge < -0.3 is 24.4 Å². The molecule has 1 aliphatic rings. The molecule has 0 spiro atoms. The van der Waals surface area contributed by atoms with Crippen LogP contribution in [0.3, 0.4) is 0 Å². The second kappa shape index (κ2) is 12.9. The van der Waals surface area contributed by atoms with E-state index in [-0.39, 0.29) is 17.9 Å². The van der Waals surface area contributed by atoms with Gasteiger partial charge in [0.15, 0.2) is 11.9 Å². The van der Waals surface area contributed by atoms with Crippen molar-refractivity contribution >= 4 is 34.7 Å². The number of halogens is 1. The van der Waals surface area contributed by atoms with Crippen LogP contribution in [0.4, 0.5) is 4.79 Å². The van der Waals surface area contributed by atoms with E-state index in [0.29, 0.717) is 24.8 Å². The van der Waals surface area contributed by atoms with Gasteiger partial charge in [0.1, 0.15) is 16.9 Å². The second-order valence-corrected chi connectivity index (χ2v) is 11.3. The molecule has 1 N–H and O–H groups in total. The Kier molecular flexibility index (Phi) is 10.4. The molecule has 1 aromatic heterocycles. The zero-order valence-corrected chi connectivity index (χ0v) is 26.6. The smallest absolute Gasteiger partial charge is 0.380 e. The summed E-state index contributed by atoms with van der Waals surface area (Å²) in [4.78, 5) is 36.8. The van der Waals surface area contributed by atoms with E-state index in [1.165, 1.54) is 4.90 Å². The van der Waals surface area contributed by atoms with Crippen molar-refractivity contribution in [3.05, 3.63) is 64.2 Å². The van der Waals surface area contributed by atoms with Crippen molar-refractivity contribution in [2.45, 2.75) is 65.1 Å². The van der Waals surface area contributed by atoms with Crippen LogP contribution in [0.1, 0.15) is 79.9 Å². The fourth-order valence-electron chi connectivity index (χ4n) is 3.61. The van der Waals surface area contributed by atoms with Crippen molar-refractivity contribution in [1.29, 1.82) is 0 Å². The molecule has 1 radical (unpaired) electrons. The molecule has 1 saturated carbocycles. The summed E-state index contributed by atoms with van der Waals surface area (Å²) in [6.07, 6.45) is 4.80. The minimum absolute atomic E-state index is 0. The van der Waals surface area contributed by atoms with Gasteiger partial charge in [-0.3, -0.25) is 7.05 Å². The average molecular weight is 885 g/mol. The van der Waals surface area contributed by atoms with Gasteiger partial charge in [-0.05, 0) is 98.8 Å². The standard InChI is InChI=1S/C27H35IN4O5.Lr/c1-7-32(26(35)37-27(3,4)5)11-10-31(6)16-23(24-29-14-19(15-30-24)18-8-9-18)36-22-12-17(2)21(28)13-20(22)25(33)34;/h7,12-15,18,23H,6,8-11,16H2,1-5H3,(H,33,34);/q-2;. The predicted octanol–water partition coefficient (Wildman–Crippen LogP) is 5.60. The molecule has 0 bridgehead atoms. The molecule has 1 aromatic carbocycles. The molecular formula is C27H35ILrN4O5-2. The van der Waals surface area contributed by atoms with E-state index < -0.39 is 23.8 Å². The Balaban J connectivity index is 0.00000507. The molecule has 0 saturated heterocycles. The Morgan fingerprint density at radius 1 is 1.24 bits per heavy atom. The summed E-state index contributed by atoms with van der Waals surface area (Å²) in [5.74, 6) is 0.126. The molecule has 9 nitrogen and oxygen atoms in total. The molecule has 1 unspecified atom stereocenters. The van der Waals surface area contributed by atoms with Crippen LogP contribution in [0.15, 0.2) is 24.5 Å². The molecule has 217 valence electrons. The first kappa shape index (κ1) is 30.8. The third kappa shape index (κ3) is 8.54. The maximum Gasteiger partial charge on any atom is 0.380 e. The van der Waals surface area contributed by atoms with Crippen molar-refractivity contribution < 1.29 is 24.2 Å². The quantitative estimate of drug-likeness (QED) is 0.230. The predicted molar refractivity (Wildman–Crippen MR) is 148 cm³/mol. The summed E-state index contributed by atoms with van der Waals surface area (Å²) in [5.41, 5.74) is 1.47. The van der Waals surface area contributed by atoms with Gasteiger partial charge in [-0.2, -0.15) is 6.92 Å².